The van der Waals surface area contributed by atoms with Crippen molar-refractivity contribution in [3.63, 3.8) is 0 Å². The summed E-state index contributed by atoms with van der Waals surface area (Å²) in [6.45, 7) is 14.6. The fourth-order valence-corrected chi connectivity index (χ4v) is 10.2. The van der Waals surface area contributed by atoms with Gasteiger partial charge in [0.1, 0.15) is 23.8 Å². The van der Waals surface area contributed by atoms with Crippen LogP contribution in [0, 0.1) is 23.0 Å². The summed E-state index contributed by atoms with van der Waals surface area (Å²) >= 11 is 0. The molecule has 0 bridgehead atoms. The van der Waals surface area contributed by atoms with Gasteiger partial charge >= 0.3 is 0 Å². The van der Waals surface area contributed by atoms with Gasteiger partial charge < -0.3 is 24.2 Å². The zero-order valence-electron chi connectivity index (χ0n) is 32.3. The molecule has 5 aliphatic heterocycles. The summed E-state index contributed by atoms with van der Waals surface area (Å²) < 4.78 is 41.3. The Morgan fingerprint density at radius 3 is 2.23 bits per heavy atom. The average molecular weight is 742 g/mol. The van der Waals surface area contributed by atoms with Crippen molar-refractivity contribution >= 4 is 17.7 Å². The normalized spacial score (nSPS) is 30.7. The van der Waals surface area contributed by atoms with Crippen molar-refractivity contribution in [2.45, 2.75) is 128 Å². The molecular formula is C41H61F2N5O5. The van der Waals surface area contributed by atoms with Gasteiger partial charge in [0.15, 0.2) is 0 Å². The van der Waals surface area contributed by atoms with Crippen LogP contribution in [0.3, 0.4) is 0 Å². The van der Waals surface area contributed by atoms with E-state index < -0.39 is 35.6 Å². The van der Waals surface area contributed by atoms with E-state index in [0.29, 0.717) is 70.4 Å². The third-order valence-corrected chi connectivity index (χ3v) is 13.5. The molecule has 5 saturated heterocycles. The van der Waals surface area contributed by atoms with Gasteiger partial charge in [0.2, 0.25) is 11.8 Å². The Labute approximate surface area is 314 Å². The standard InChI is InChI=1S/C41H61F2N5O5/c1-27(2)44-15-17-45(18-16-44)39(50)36-23-31(48(40(51)37-6-5-19-53-37)30-9-13-41(3,4)14-10-30)24-47(36)38(49)34-26-46(29-11-20-52-21-12-29)25-33(34)32-8-7-28(42)22-35(32)43/h7-8,22,27,29-31,33-34,36-37H,5-6,9-21,23-26H2,1-4H3/t31?,33-,34+,36-,37-/m0/s1. The molecular weight excluding hydrogens is 680 g/mol. The van der Waals surface area contributed by atoms with Crippen LogP contribution in [0.5, 0.6) is 0 Å². The second kappa shape index (κ2) is 16.2. The molecule has 6 fully saturated rings. The van der Waals surface area contributed by atoms with Crippen LogP contribution in [0.1, 0.15) is 97.0 Å². The summed E-state index contributed by atoms with van der Waals surface area (Å²) in [6.07, 6.45) is 6.80. The van der Waals surface area contributed by atoms with Crippen LogP contribution in [-0.4, -0.2) is 144 Å². The number of benzene rings is 1. The molecule has 1 unspecified atom stereocenters. The molecule has 5 atom stereocenters. The van der Waals surface area contributed by atoms with Gasteiger partial charge in [-0.25, -0.2) is 8.78 Å². The minimum absolute atomic E-state index is 0.0129. The molecule has 6 aliphatic rings. The summed E-state index contributed by atoms with van der Waals surface area (Å²) in [4.78, 5) is 54.7. The first kappa shape index (κ1) is 38.6. The van der Waals surface area contributed by atoms with E-state index in [9.17, 15) is 14.0 Å². The first-order valence-electron chi connectivity index (χ1n) is 20.4. The average Bonchev–Trinajstić information content (AvgIpc) is 3.93. The van der Waals surface area contributed by atoms with Gasteiger partial charge in [-0.1, -0.05) is 19.9 Å². The molecule has 1 aromatic carbocycles. The number of halogens is 2. The monoisotopic (exact) mass is 741 g/mol. The highest BCUT2D eigenvalue weighted by molar-refractivity contribution is 5.91. The van der Waals surface area contributed by atoms with Crippen LogP contribution in [0.25, 0.3) is 0 Å². The minimum atomic E-state index is -0.728. The number of hydrogen-bond acceptors (Lipinski definition) is 7. The number of nitrogens with zero attached hydrogens (tertiary/aromatic N) is 5. The predicted molar refractivity (Wildman–Crippen MR) is 197 cm³/mol. The molecule has 5 heterocycles. The van der Waals surface area contributed by atoms with Gasteiger partial charge in [-0.2, -0.15) is 0 Å². The molecule has 3 amide bonds. The molecule has 53 heavy (non-hydrogen) atoms. The number of amides is 3. The highest BCUT2D eigenvalue weighted by Gasteiger charge is 2.52. The number of piperazine rings is 1. The number of carbonyl (C=O) groups excluding carboxylic acids is 3. The number of carbonyl (C=O) groups is 3. The van der Waals surface area contributed by atoms with E-state index >= 15 is 9.18 Å². The lowest BCUT2D eigenvalue weighted by atomic mass is 9.75. The van der Waals surface area contributed by atoms with Gasteiger partial charge in [-0.05, 0) is 88.7 Å². The minimum Gasteiger partial charge on any atom is -0.381 e. The smallest absolute Gasteiger partial charge is 0.252 e. The van der Waals surface area contributed by atoms with Crippen LogP contribution >= 0.6 is 0 Å². The van der Waals surface area contributed by atoms with Gasteiger partial charge in [0.05, 0.1) is 12.0 Å². The van der Waals surface area contributed by atoms with Crippen molar-refractivity contribution in [3.8, 4) is 0 Å². The van der Waals surface area contributed by atoms with Gasteiger partial charge in [0.25, 0.3) is 5.91 Å². The number of ether oxygens (including phenoxy) is 2. The summed E-state index contributed by atoms with van der Waals surface area (Å²) in [6, 6.07) is 3.19. The van der Waals surface area contributed by atoms with E-state index in [-0.39, 0.29) is 47.8 Å². The Kier molecular flexibility index (Phi) is 11.8. The van der Waals surface area contributed by atoms with Gasteiger partial charge in [0, 0.05) is 95.7 Å². The second-order valence-electron chi connectivity index (χ2n) is 17.7. The van der Waals surface area contributed by atoms with E-state index in [1.165, 1.54) is 12.1 Å². The Balaban J connectivity index is 1.21. The number of likely N-dealkylation sites (tertiary alicyclic amines) is 2. The lowest BCUT2D eigenvalue weighted by Crippen LogP contribution is -2.56. The highest BCUT2D eigenvalue weighted by atomic mass is 19.1. The van der Waals surface area contributed by atoms with E-state index in [0.717, 1.165) is 64.1 Å². The van der Waals surface area contributed by atoms with Crippen molar-refractivity contribution < 1.29 is 32.6 Å². The van der Waals surface area contributed by atoms with Gasteiger partial charge in [-0.3, -0.25) is 24.2 Å². The molecule has 0 N–H and O–H groups in total. The SMILES string of the molecule is CC(C)N1CCN(C(=O)[C@@H]2CC(N(C(=O)[C@@H]3CCCO3)C3CCC(C)(C)CC3)CN2C(=O)[C@@H]2CN(C3CCOCC3)C[C@H]2c2ccc(F)cc2F)CC1. The maximum absolute atomic E-state index is 15.6. The second-order valence-corrected chi connectivity index (χ2v) is 17.7. The Bertz CT molecular complexity index is 1460. The Hall–Kier alpha value is -2.67. The van der Waals surface area contributed by atoms with Gasteiger partial charge in [-0.15, -0.1) is 0 Å². The summed E-state index contributed by atoms with van der Waals surface area (Å²) in [5, 5.41) is 0. The van der Waals surface area contributed by atoms with Crippen molar-refractivity contribution in [2.24, 2.45) is 11.3 Å². The molecule has 1 aromatic rings. The zero-order chi connectivity index (χ0) is 37.4. The molecule has 1 aliphatic carbocycles. The van der Waals surface area contributed by atoms with Crippen LogP contribution < -0.4 is 0 Å². The molecule has 12 heteroatoms. The predicted octanol–water partition coefficient (Wildman–Crippen LogP) is 4.66. The Morgan fingerprint density at radius 2 is 1.58 bits per heavy atom. The molecule has 10 nitrogen and oxygen atoms in total. The van der Waals surface area contributed by atoms with Crippen molar-refractivity contribution in [1.29, 1.82) is 0 Å². The third-order valence-electron chi connectivity index (χ3n) is 13.5. The van der Waals surface area contributed by atoms with E-state index in [1.54, 1.807) is 4.90 Å². The van der Waals surface area contributed by atoms with Crippen molar-refractivity contribution in [3.05, 3.63) is 35.4 Å². The quantitative estimate of drug-likeness (QED) is 0.384. The maximum atomic E-state index is 15.6. The van der Waals surface area contributed by atoms with Crippen LogP contribution in [-0.2, 0) is 23.9 Å². The molecule has 0 radical (unpaired) electrons. The number of rotatable bonds is 8. The fourth-order valence-electron chi connectivity index (χ4n) is 10.2. The summed E-state index contributed by atoms with van der Waals surface area (Å²) in [5.74, 6) is -2.68. The number of hydrogen-bond donors (Lipinski definition) is 0. The molecule has 294 valence electrons. The first-order chi connectivity index (χ1) is 25.4. The van der Waals surface area contributed by atoms with Crippen LogP contribution in [0.4, 0.5) is 8.78 Å². The fraction of sp³-hybridized carbons (Fsp3) is 0.780. The van der Waals surface area contributed by atoms with E-state index in [4.69, 9.17) is 9.47 Å². The molecule has 0 aromatic heterocycles. The molecule has 1 saturated carbocycles. The largest absolute Gasteiger partial charge is 0.381 e. The molecule has 0 spiro atoms. The van der Waals surface area contributed by atoms with Crippen molar-refractivity contribution in [1.82, 2.24) is 24.5 Å². The van der Waals surface area contributed by atoms with E-state index in [1.807, 2.05) is 9.80 Å². The van der Waals surface area contributed by atoms with Crippen LogP contribution in [0.15, 0.2) is 18.2 Å². The summed E-state index contributed by atoms with van der Waals surface area (Å²) in [7, 11) is 0. The topological polar surface area (TPSA) is 85.9 Å². The third kappa shape index (κ3) is 8.31. The maximum Gasteiger partial charge on any atom is 0.252 e. The molecule has 7 rings (SSSR count). The highest BCUT2D eigenvalue weighted by Crippen LogP contribution is 2.42. The van der Waals surface area contributed by atoms with Crippen LogP contribution in [0.2, 0.25) is 0 Å². The first-order valence-corrected chi connectivity index (χ1v) is 20.4. The Morgan fingerprint density at radius 1 is 0.868 bits per heavy atom. The zero-order valence-corrected chi connectivity index (χ0v) is 32.3. The lowest BCUT2D eigenvalue weighted by Gasteiger charge is -2.43. The lowest BCUT2D eigenvalue weighted by molar-refractivity contribution is -0.148. The summed E-state index contributed by atoms with van der Waals surface area (Å²) in [5.41, 5.74) is 0.537. The van der Waals surface area contributed by atoms with E-state index in [2.05, 4.69) is 37.5 Å². The van der Waals surface area contributed by atoms with Crippen molar-refractivity contribution in [2.75, 3.05) is 65.6 Å².